The van der Waals surface area contributed by atoms with E-state index in [0.717, 1.165) is 0 Å². The molecule has 1 aromatic heterocycles. The molecule has 0 aliphatic heterocycles. The van der Waals surface area contributed by atoms with Crippen LogP contribution in [0.25, 0.3) is 10.9 Å². The fourth-order valence-electron chi connectivity index (χ4n) is 1.87. The zero-order chi connectivity index (χ0) is 9.97. The quantitative estimate of drug-likeness (QED) is 0.557. The van der Waals surface area contributed by atoms with E-state index in [1.807, 2.05) is 6.07 Å². The molecule has 0 fully saturated rings. The molecule has 0 atom stereocenters. The maximum Gasteiger partial charge on any atom is 0.171 e. The number of benzene rings is 1. The van der Waals surface area contributed by atoms with Crippen LogP contribution in [0.2, 0.25) is 12.1 Å². The molecule has 0 saturated heterocycles. The van der Waals surface area contributed by atoms with Crippen molar-refractivity contribution in [3.63, 3.8) is 0 Å². The summed E-state index contributed by atoms with van der Waals surface area (Å²) in [5.74, 6) is 0. The first-order chi connectivity index (χ1) is 6.86. The van der Waals surface area contributed by atoms with Crippen LogP contribution in [-0.2, 0) is 20.1 Å². The van der Waals surface area contributed by atoms with Crippen LogP contribution in [0.3, 0.4) is 0 Å². The van der Waals surface area contributed by atoms with Crippen LogP contribution in [-0.4, -0.2) is 13.2 Å². The maximum atomic E-state index is 3.34. The van der Waals surface area contributed by atoms with Crippen molar-refractivity contribution < 1.29 is 20.1 Å². The van der Waals surface area contributed by atoms with Crippen molar-refractivity contribution in [1.29, 1.82) is 0 Å². The molecular weight excluding hydrogens is 378 g/mol. The third-order valence-electron chi connectivity index (χ3n) is 2.67. The van der Waals surface area contributed by atoms with Crippen molar-refractivity contribution in [2.75, 3.05) is 0 Å². The largest absolute Gasteiger partial charge is 0.396 e. The van der Waals surface area contributed by atoms with Crippen molar-refractivity contribution in [3.05, 3.63) is 36.5 Å². The zero-order valence-corrected chi connectivity index (χ0v) is 12.5. The zero-order valence-electron chi connectivity index (χ0n) is 9.08. The number of rotatable bonds is 3. The molecule has 0 aliphatic carbocycles. The summed E-state index contributed by atoms with van der Waals surface area (Å²) in [6, 6.07) is 14.3. The van der Waals surface area contributed by atoms with Gasteiger partial charge in [0, 0.05) is 20.1 Å². The average Bonchev–Trinajstić information content (AvgIpc) is 2.65. The molecule has 82 valence electrons. The van der Waals surface area contributed by atoms with Crippen LogP contribution in [0, 0.1) is 6.07 Å². The van der Waals surface area contributed by atoms with Gasteiger partial charge in [-0.25, -0.2) is 0 Å². The summed E-state index contributed by atoms with van der Waals surface area (Å²) in [5, 5.41) is 1.32. The second-order valence-electron chi connectivity index (χ2n) is 3.43. The van der Waals surface area contributed by atoms with Crippen LogP contribution >= 0.6 is 0 Å². The first kappa shape index (κ1) is 12.7. The molecule has 0 saturated carbocycles. The van der Waals surface area contributed by atoms with Gasteiger partial charge in [-0.05, 0) is 18.3 Å². The van der Waals surface area contributed by atoms with Crippen molar-refractivity contribution in [1.82, 2.24) is 4.23 Å². The van der Waals surface area contributed by atoms with E-state index in [1.165, 1.54) is 23.0 Å². The first-order valence-corrected chi connectivity index (χ1v) is 7.05. The van der Waals surface area contributed by atoms with Gasteiger partial charge in [0.15, 0.2) is 8.96 Å². The molecule has 0 bridgehead atoms. The molecule has 3 heteroatoms. The molecule has 15 heavy (non-hydrogen) atoms. The fourth-order valence-corrected chi connectivity index (χ4v) is 3.84. The first-order valence-electron chi connectivity index (χ1n) is 5.19. The van der Waals surface area contributed by atoms with E-state index >= 15 is 0 Å². The molecule has 0 spiro atoms. The van der Waals surface area contributed by atoms with Crippen LogP contribution < -0.4 is 0 Å². The van der Waals surface area contributed by atoms with Crippen LogP contribution in [0.15, 0.2) is 30.5 Å². The number of hydrogen-bond acceptors (Lipinski definition) is 0. The minimum Gasteiger partial charge on any atom is -0.396 e. The number of para-hydroxylation sites is 1. The van der Waals surface area contributed by atoms with Crippen LogP contribution in [0.4, 0.5) is 0 Å². The Labute approximate surface area is 107 Å². The Morgan fingerprint density at radius 3 is 2.67 bits per heavy atom. The third kappa shape index (κ3) is 2.41. The third-order valence-corrected chi connectivity index (χ3v) is 5.35. The molecule has 2 radical (unpaired) electrons. The Bertz CT molecular complexity index is 420. The summed E-state index contributed by atoms with van der Waals surface area (Å²) in [5.41, 5.74) is 1.28. The summed E-state index contributed by atoms with van der Waals surface area (Å²) in [7, 11) is -0.398. The Hall–Kier alpha value is -0.374. The summed E-state index contributed by atoms with van der Waals surface area (Å²) in [6.45, 7) is 4.57. The molecule has 1 aromatic carbocycles. The second kappa shape index (κ2) is 5.64. The number of hydrogen-bond donors (Lipinski definition) is 0. The SMILES string of the molecule is CC[Si](CC)n1ccc2ccc[c-]c21.[Ir]. The van der Waals surface area contributed by atoms with E-state index < -0.39 is 8.96 Å². The summed E-state index contributed by atoms with van der Waals surface area (Å²) in [4.78, 5) is 0. The molecule has 1 heterocycles. The van der Waals surface area contributed by atoms with E-state index in [1.54, 1.807) is 0 Å². The topological polar surface area (TPSA) is 4.93 Å². The summed E-state index contributed by atoms with van der Waals surface area (Å²) >= 11 is 0. The van der Waals surface area contributed by atoms with Crippen LogP contribution in [0.5, 0.6) is 0 Å². The van der Waals surface area contributed by atoms with E-state index in [9.17, 15) is 0 Å². The Morgan fingerprint density at radius 1 is 1.27 bits per heavy atom. The molecule has 0 amide bonds. The molecule has 0 N–H and O–H groups in total. The van der Waals surface area contributed by atoms with Gasteiger partial charge in [-0.2, -0.15) is 24.3 Å². The van der Waals surface area contributed by atoms with Gasteiger partial charge < -0.3 is 4.23 Å². The van der Waals surface area contributed by atoms with E-state index in [2.05, 4.69) is 48.5 Å². The van der Waals surface area contributed by atoms with E-state index in [0.29, 0.717) is 0 Å². The number of aromatic nitrogens is 1. The van der Waals surface area contributed by atoms with Crippen molar-refractivity contribution >= 4 is 19.9 Å². The molecule has 2 aromatic rings. The molecule has 1 nitrogen and oxygen atoms in total. The van der Waals surface area contributed by atoms with Gasteiger partial charge in [0.05, 0.1) is 0 Å². The fraction of sp³-hybridized carbons (Fsp3) is 0.333. The van der Waals surface area contributed by atoms with Crippen molar-refractivity contribution in [2.45, 2.75) is 25.9 Å². The van der Waals surface area contributed by atoms with Gasteiger partial charge in [-0.15, -0.1) is 5.39 Å². The average molecular weight is 394 g/mol. The number of fused-ring (bicyclic) bond motifs is 1. The standard InChI is InChI=1S/C12H15NSi.Ir/c1-3-14(4-2)13-10-9-11-7-5-6-8-12(11)13;/h5-7,9-10H,3-4H2,1-2H3;/q-1;. The van der Waals surface area contributed by atoms with E-state index in [4.69, 9.17) is 0 Å². The Morgan fingerprint density at radius 2 is 2.00 bits per heavy atom. The second-order valence-corrected chi connectivity index (χ2v) is 6.46. The predicted octanol–water partition coefficient (Wildman–Crippen LogP) is 3.32. The van der Waals surface area contributed by atoms with Crippen molar-refractivity contribution in [2.24, 2.45) is 0 Å². The van der Waals surface area contributed by atoms with Gasteiger partial charge in [0.1, 0.15) is 0 Å². The van der Waals surface area contributed by atoms with Gasteiger partial charge >= 0.3 is 0 Å². The van der Waals surface area contributed by atoms with Crippen molar-refractivity contribution in [3.8, 4) is 0 Å². The van der Waals surface area contributed by atoms with Crippen LogP contribution in [0.1, 0.15) is 13.8 Å². The molecule has 0 aliphatic rings. The summed E-state index contributed by atoms with van der Waals surface area (Å²) in [6.07, 6.45) is 2.22. The smallest absolute Gasteiger partial charge is 0.171 e. The minimum absolute atomic E-state index is 0. The van der Waals surface area contributed by atoms with Gasteiger partial charge in [0.25, 0.3) is 0 Å². The molecular formula is C12H15IrNSi-. The Kier molecular flexibility index (Phi) is 4.77. The Balaban J connectivity index is 0.00000112. The summed E-state index contributed by atoms with van der Waals surface area (Å²) < 4.78 is 2.44. The van der Waals surface area contributed by atoms with Gasteiger partial charge in [0.2, 0.25) is 0 Å². The normalized spacial score (nSPS) is 10.6. The molecule has 0 unspecified atom stereocenters. The van der Waals surface area contributed by atoms with Gasteiger partial charge in [-0.1, -0.05) is 25.4 Å². The van der Waals surface area contributed by atoms with Gasteiger partial charge in [-0.3, -0.25) is 0 Å². The number of nitrogens with zero attached hydrogens (tertiary/aromatic N) is 1. The van der Waals surface area contributed by atoms with E-state index in [-0.39, 0.29) is 20.1 Å². The monoisotopic (exact) mass is 394 g/mol. The minimum atomic E-state index is -0.398. The maximum absolute atomic E-state index is 3.34. The molecule has 2 rings (SSSR count). The predicted molar refractivity (Wildman–Crippen MR) is 62.9 cm³/mol.